The molecule has 6 nitrogen and oxygen atoms in total. The van der Waals surface area contributed by atoms with Crippen LogP contribution in [0.5, 0.6) is 0 Å². The van der Waals surface area contributed by atoms with Gasteiger partial charge in [0.05, 0.1) is 5.52 Å². The van der Waals surface area contributed by atoms with Crippen molar-refractivity contribution in [2.75, 3.05) is 25.1 Å². The van der Waals surface area contributed by atoms with E-state index in [0.717, 1.165) is 48.6 Å². The molecule has 7 heteroatoms. The van der Waals surface area contributed by atoms with E-state index in [9.17, 15) is 9.59 Å². The first kappa shape index (κ1) is 21.1. The van der Waals surface area contributed by atoms with Crippen molar-refractivity contribution in [3.63, 3.8) is 0 Å². The SMILES string of the molecule is CSCC[C@@H](NC(=O)c1ccc2ccccc2n1)C(=O)NC1CCN(C2CC2)CC1. The second kappa shape index (κ2) is 9.79. The Bertz CT molecular complexity index is 894. The molecule has 1 aliphatic heterocycles. The van der Waals surface area contributed by atoms with Crippen molar-refractivity contribution in [2.45, 2.75) is 50.2 Å². The molecule has 2 N–H and O–H groups in total. The zero-order valence-corrected chi connectivity index (χ0v) is 18.3. The number of fused-ring (bicyclic) bond motifs is 1. The first-order chi connectivity index (χ1) is 14.6. The van der Waals surface area contributed by atoms with E-state index in [1.807, 2.05) is 36.6 Å². The van der Waals surface area contributed by atoms with Crippen LogP contribution in [0, 0.1) is 0 Å². The normalized spacial score (nSPS) is 18.8. The van der Waals surface area contributed by atoms with Gasteiger partial charge in [-0.2, -0.15) is 11.8 Å². The summed E-state index contributed by atoms with van der Waals surface area (Å²) in [6.07, 6.45) is 7.23. The number of carbonyl (C=O) groups excluding carboxylic acids is 2. The van der Waals surface area contributed by atoms with Gasteiger partial charge in [0.2, 0.25) is 5.91 Å². The van der Waals surface area contributed by atoms with Gasteiger partial charge >= 0.3 is 0 Å². The summed E-state index contributed by atoms with van der Waals surface area (Å²) in [4.78, 5) is 32.8. The maximum Gasteiger partial charge on any atom is 0.270 e. The fraction of sp³-hybridized carbons (Fsp3) is 0.522. The molecule has 160 valence electrons. The number of para-hydroxylation sites is 1. The Hall–Kier alpha value is -2.12. The monoisotopic (exact) mass is 426 g/mol. The molecule has 1 saturated heterocycles. The van der Waals surface area contributed by atoms with Crippen LogP contribution in [0.25, 0.3) is 10.9 Å². The lowest BCUT2D eigenvalue weighted by atomic mass is 10.0. The fourth-order valence-electron chi connectivity index (χ4n) is 4.08. The summed E-state index contributed by atoms with van der Waals surface area (Å²) in [5.41, 5.74) is 1.12. The van der Waals surface area contributed by atoms with Crippen LogP contribution in [-0.4, -0.2) is 64.9 Å². The van der Waals surface area contributed by atoms with Crippen molar-refractivity contribution in [1.82, 2.24) is 20.5 Å². The predicted octanol–water partition coefficient (Wildman–Crippen LogP) is 2.83. The van der Waals surface area contributed by atoms with Crippen LogP contribution in [0.2, 0.25) is 0 Å². The van der Waals surface area contributed by atoms with E-state index in [0.29, 0.717) is 12.1 Å². The first-order valence-corrected chi connectivity index (χ1v) is 12.2. The van der Waals surface area contributed by atoms with Crippen molar-refractivity contribution < 1.29 is 9.59 Å². The van der Waals surface area contributed by atoms with Crippen LogP contribution in [-0.2, 0) is 4.79 Å². The van der Waals surface area contributed by atoms with Crippen LogP contribution < -0.4 is 10.6 Å². The highest BCUT2D eigenvalue weighted by atomic mass is 32.2. The van der Waals surface area contributed by atoms with Crippen LogP contribution in [0.3, 0.4) is 0 Å². The van der Waals surface area contributed by atoms with Gasteiger partial charge in [0, 0.05) is 30.6 Å². The summed E-state index contributed by atoms with van der Waals surface area (Å²) < 4.78 is 0. The van der Waals surface area contributed by atoms with Crippen LogP contribution in [0.1, 0.15) is 42.6 Å². The molecule has 1 saturated carbocycles. The van der Waals surface area contributed by atoms with Gasteiger partial charge in [0.15, 0.2) is 0 Å². The lowest BCUT2D eigenvalue weighted by Gasteiger charge is -2.33. The molecule has 0 spiro atoms. The van der Waals surface area contributed by atoms with E-state index in [-0.39, 0.29) is 17.9 Å². The number of pyridine rings is 1. The van der Waals surface area contributed by atoms with Gasteiger partial charge in [0.25, 0.3) is 5.91 Å². The van der Waals surface area contributed by atoms with E-state index < -0.39 is 6.04 Å². The minimum Gasteiger partial charge on any atom is -0.351 e. The number of carbonyl (C=O) groups is 2. The van der Waals surface area contributed by atoms with Crippen LogP contribution in [0.4, 0.5) is 0 Å². The number of amides is 2. The topological polar surface area (TPSA) is 74.3 Å². The Kier molecular flexibility index (Phi) is 6.89. The molecule has 1 atom stereocenters. The maximum absolute atomic E-state index is 13.0. The average molecular weight is 427 g/mol. The van der Waals surface area contributed by atoms with Crippen molar-refractivity contribution in [3.8, 4) is 0 Å². The summed E-state index contributed by atoms with van der Waals surface area (Å²) in [5.74, 6) is 0.428. The molecule has 2 aliphatic rings. The molecule has 0 bridgehead atoms. The standard InChI is InChI=1S/C23H30N4O2S/c1-30-15-12-21(22(28)24-17-10-13-27(14-11-17)18-7-8-18)26-23(29)20-9-6-16-4-2-3-5-19(16)25-20/h2-6,9,17-18,21H,7-8,10-15H2,1H3,(H,24,28)(H,26,29)/t21-/m1/s1. The summed E-state index contributed by atoms with van der Waals surface area (Å²) >= 11 is 1.68. The molecular formula is C23H30N4O2S. The second-order valence-electron chi connectivity index (χ2n) is 8.25. The number of hydrogen-bond acceptors (Lipinski definition) is 5. The van der Waals surface area contributed by atoms with E-state index >= 15 is 0 Å². The number of nitrogens with zero attached hydrogens (tertiary/aromatic N) is 2. The zero-order valence-electron chi connectivity index (χ0n) is 17.5. The Labute approximate surface area is 182 Å². The third-order valence-corrected chi connectivity index (χ3v) is 6.65. The molecule has 0 radical (unpaired) electrons. The Morgan fingerprint density at radius 1 is 1.13 bits per heavy atom. The summed E-state index contributed by atoms with van der Waals surface area (Å²) in [5, 5.41) is 7.10. The average Bonchev–Trinajstić information content (AvgIpc) is 3.62. The number of piperidine rings is 1. The number of thioether (sulfide) groups is 1. The van der Waals surface area contributed by atoms with Crippen molar-refractivity contribution in [1.29, 1.82) is 0 Å². The predicted molar refractivity (Wildman–Crippen MR) is 122 cm³/mol. The van der Waals surface area contributed by atoms with E-state index in [1.54, 1.807) is 17.8 Å². The largest absolute Gasteiger partial charge is 0.351 e. The highest BCUT2D eigenvalue weighted by Crippen LogP contribution is 2.29. The molecule has 30 heavy (non-hydrogen) atoms. The number of rotatable bonds is 8. The van der Waals surface area contributed by atoms with Gasteiger partial charge in [-0.15, -0.1) is 0 Å². The minimum absolute atomic E-state index is 0.0805. The molecule has 4 rings (SSSR count). The third-order valence-electron chi connectivity index (χ3n) is 6.00. The molecule has 1 aromatic carbocycles. The minimum atomic E-state index is -0.542. The Morgan fingerprint density at radius 2 is 1.90 bits per heavy atom. The zero-order chi connectivity index (χ0) is 20.9. The molecule has 1 aromatic heterocycles. The molecule has 1 aliphatic carbocycles. The number of nitrogens with one attached hydrogen (secondary N) is 2. The van der Waals surface area contributed by atoms with Gasteiger partial charge in [0.1, 0.15) is 11.7 Å². The number of benzene rings is 1. The van der Waals surface area contributed by atoms with Gasteiger partial charge in [-0.1, -0.05) is 24.3 Å². The number of hydrogen-bond donors (Lipinski definition) is 2. The highest BCUT2D eigenvalue weighted by Gasteiger charge is 2.33. The maximum atomic E-state index is 13.0. The van der Waals surface area contributed by atoms with Gasteiger partial charge in [-0.25, -0.2) is 4.98 Å². The quantitative estimate of drug-likeness (QED) is 0.679. The summed E-state index contributed by atoms with van der Waals surface area (Å²) in [6.45, 7) is 2.11. The smallest absolute Gasteiger partial charge is 0.270 e. The Morgan fingerprint density at radius 3 is 2.63 bits per heavy atom. The van der Waals surface area contributed by atoms with E-state index in [1.165, 1.54) is 12.8 Å². The molecule has 2 amide bonds. The molecule has 2 heterocycles. The van der Waals surface area contributed by atoms with Gasteiger partial charge < -0.3 is 15.5 Å². The number of aromatic nitrogens is 1. The Balaban J connectivity index is 1.37. The van der Waals surface area contributed by atoms with Crippen LogP contribution >= 0.6 is 11.8 Å². The highest BCUT2D eigenvalue weighted by molar-refractivity contribution is 7.98. The first-order valence-electron chi connectivity index (χ1n) is 10.8. The van der Waals surface area contributed by atoms with Gasteiger partial charge in [-0.3, -0.25) is 9.59 Å². The summed E-state index contributed by atoms with van der Waals surface area (Å²) in [6, 6.07) is 11.7. The molecule has 0 unspecified atom stereocenters. The molecule has 2 aromatic rings. The molecular weight excluding hydrogens is 396 g/mol. The lowest BCUT2D eigenvalue weighted by Crippen LogP contribution is -2.52. The van der Waals surface area contributed by atoms with Crippen LogP contribution in [0.15, 0.2) is 36.4 Å². The lowest BCUT2D eigenvalue weighted by molar-refractivity contribution is -0.124. The van der Waals surface area contributed by atoms with E-state index in [2.05, 4.69) is 20.5 Å². The van der Waals surface area contributed by atoms with Gasteiger partial charge in [-0.05, 0) is 56.2 Å². The third kappa shape index (κ3) is 5.32. The number of likely N-dealkylation sites (tertiary alicyclic amines) is 1. The van der Waals surface area contributed by atoms with Crippen molar-refractivity contribution in [2.24, 2.45) is 0 Å². The van der Waals surface area contributed by atoms with Crippen molar-refractivity contribution >= 4 is 34.5 Å². The van der Waals surface area contributed by atoms with Crippen molar-refractivity contribution in [3.05, 3.63) is 42.1 Å². The molecule has 2 fully saturated rings. The summed E-state index contributed by atoms with van der Waals surface area (Å²) in [7, 11) is 0. The van der Waals surface area contributed by atoms with E-state index in [4.69, 9.17) is 0 Å². The second-order valence-corrected chi connectivity index (χ2v) is 9.23. The fourth-order valence-corrected chi connectivity index (χ4v) is 4.55.